The number of esters is 2. The van der Waals surface area contributed by atoms with Gasteiger partial charge in [-0.3, -0.25) is 9.59 Å². The number of carbonyl (C=O) groups excluding carboxylic acids is 2. The summed E-state index contributed by atoms with van der Waals surface area (Å²) in [5.74, 6) is 1.08. The SMILES string of the molecule is CC(C)C1CCCCC1.CC1(C)CCC(O)CC1.CC1(C)CCC(OC(=O)[C@H]2CO[C@@H]3C(OC(=O)C4CCC(C)(C)CC4)CO[C@]23C)CC1. The summed E-state index contributed by atoms with van der Waals surface area (Å²) in [6, 6.07) is 0. The van der Waals surface area contributed by atoms with Gasteiger partial charge in [0.25, 0.3) is 0 Å². The Morgan fingerprint density at radius 2 is 1.16 bits per heavy atom. The smallest absolute Gasteiger partial charge is 0.314 e. The molecule has 0 aromatic rings. The van der Waals surface area contributed by atoms with Gasteiger partial charge in [0, 0.05) is 0 Å². The van der Waals surface area contributed by atoms with Crippen molar-refractivity contribution in [2.24, 2.45) is 39.9 Å². The van der Waals surface area contributed by atoms with Crippen LogP contribution in [0.4, 0.5) is 0 Å². The van der Waals surface area contributed by atoms with E-state index in [1.807, 2.05) is 6.92 Å². The fourth-order valence-electron chi connectivity index (χ4n) is 8.94. The molecule has 2 aliphatic heterocycles. The van der Waals surface area contributed by atoms with Crippen molar-refractivity contribution in [1.29, 1.82) is 0 Å². The van der Waals surface area contributed by atoms with Crippen LogP contribution >= 0.6 is 0 Å². The third kappa shape index (κ3) is 11.7. The van der Waals surface area contributed by atoms with Gasteiger partial charge in [0.05, 0.1) is 25.2 Å². The number of aliphatic hydroxyl groups excluding tert-OH is 1. The lowest BCUT2D eigenvalue weighted by Gasteiger charge is -2.35. The van der Waals surface area contributed by atoms with E-state index >= 15 is 0 Å². The van der Waals surface area contributed by atoms with Crippen LogP contribution in [-0.4, -0.2) is 60.3 Å². The minimum atomic E-state index is -0.801. The van der Waals surface area contributed by atoms with E-state index in [4.69, 9.17) is 24.1 Å². The number of ether oxygens (including phenoxy) is 4. The maximum atomic E-state index is 13.0. The molecule has 0 amide bonds. The molecule has 7 nitrogen and oxygen atoms in total. The van der Waals surface area contributed by atoms with Crippen LogP contribution in [0.25, 0.3) is 0 Å². The number of hydrogen-bond donors (Lipinski definition) is 1. The van der Waals surface area contributed by atoms with E-state index in [0.29, 0.717) is 16.2 Å². The summed E-state index contributed by atoms with van der Waals surface area (Å²) >= 11 is 0. The number of fused-ring (bicyclic) bond motifs is 1. The summed E-state index contributed by atoms with van der Waals surface area (Å²) in [5, 5.41) is 9.14. The zero-order valence-electron chi connectivity index (χ0n) is 33.0. The minimum absolute atomic E-state index is 0.00183. The highest BCUT2D eigenvalue weighted by atomic mass is 16.6. The van der Waals surface area contributed by atoms with E-state index in [0.717, 1.165) is 76.0 Å². The molecule has 0 aromatic heterocycles. The zero-order valence-corrected chi connectivity index (χ0v) is 33.0. The van der Waals surface area contributed by atoms with Crippen LogP contribution in [0.5, 0.6) is 0 Å². The van der Waals surface area contributed by atoms with E-state index in [9.17, 15) is 9.59 Å². The van der Waals surface area contributed by atoms with Crippen LogP contribution in [0.15, 0.2) is 0 Å². The summed E-state index contributed by atoms with van der Waals surface area (Å²) in [6.45, 7) is 20.7. The quantitative estimate of drug-likeness (QED) is 0.287. The molecule has 6 aliphatic rings. The first-order chi connectivity index (χ1) is 22.9. The van der Waals surface area contributed by atoms with Gasteiger partial charge < -0.3 is 24.1 Å². The van der Waals surface area contributed by atoms with Crippen molar-refractivity contribution in [3.8, 4) is 0 Å². The lowest BCUT2D eigenvalue weighted by atomic mass is 9.73. The average molecular weight is 691 g/mol. The molecule has 0 radical (unpaired) electrons. The molecule has 4 saturated carbocycles. The van der Waals surface area contributed by atoms with Crippen molar-refractivity contribution in [3.05, 3.63) is 0 Å². The molecule has 0 bridgehead atoms. The van der Waals surface area contributed by atoms with Gasteiger partial charge in [0.1, 0.15) is 23.7 Å². The van der Waals surface area contributed by atoms with Crippen molar-refractivity contribution in [2.75, 3.05) is 13.2 Å². The van der Waals surface area contributed by atoms with Gasteiger partial charge >= 0.3 is 11.9 Å². The maximum Gasteiger partial charge on any atom is 0.314 e. The summed E-state index contributed by atoms with van der Waals surface area (Å²) in [5.41, 5.74) is 0.335. The molecular formula is C42H74O7. The summed E-state index contributed by atoms with van der Waals surface area (Å²) in [6.07, 6.45) is 18.7. The van der Waals surface area contributed by atoms with Crippen LogP contribution < -0.4 is 0 Å². The molecule has 6 fully saturated rings. The average Bonchev–Trinajstić information content (AvgIpc) is 3.55. The van der Waals surface area contributed by atoms with Crippen LogP contribution in [0, 0.1) is 39.9 Å². The Bertz CT molecular complexity index is 1030. The molecule has 4 atom stereocenters. The van der Waals surface area contributed by atoms with E-state index in [2.05, 4.69) is 55.4 Å². The Labute approximate surface area is 299 Å². The number of carbonyl (C=O) groups is 2. The molecule has 7 heteroatoms. The van der Waals surface area contributed by atoms with Gasteiger partial charge in [-0.15, -0.1) is 0 Å². The molecule has 2 heterocycles. The fourth-order valence-corrected chi connectivity index (χ4v) is 8.94. The maximum absolute atomic E-state index is 13.0. The first-order valence-corrected chi connectivity index (χ1v) is 20.2. The van der Waals surface area contributed by atoms with E-state index < -0.39 is 23.7 Å². The Balaban J connectivity index is 0.000000243. The molecule has 1 unspecified atom stereocenters. The van der Waals surface area contributed by atoms with Gasteiger partial charge in [-0.2, -0.15) is 0 Å². The van der Waals surface area contributed by atoms with Gasteiger partial charge in [0.2, 0.25) is 0 Å². The summed E-state index contributed by atoms with van der Waals surface area (Å²) in [4.78, 5) is 25.7. The zero-order chi connectivity index (χ0) is 36.0. The van der Waals surface area contributed by atoms with Crippen molar-refractivity contribution in [3.63, 3.8) is 0 Å². The van der Waals surface area contributed by atoms with Crippen molar-refractivity contribution in [2.45, 2.75) is 201 Å². The predicted molar refractivity (Wildman–Crippen MR) is 195 cm³/mol. The summed E-state index contributed by atoms with van der Waals surface area (Å²) < 4.78 is 23.7. The molecule has 284 valence electrons. The fraction of sp³-hybridized carbons (Fsp3) is 0.952. The molecular weight excluding hydrogens is 616 g/mol. The Hall–Kier alpha value is -1.18. The van der Waals surface area contributed by atoms with Gasteiger partial charge in [-0.25, -0.2) is 0 Å². The number of rotatable bonds is 5. The molecule has 49 heavy (non-hydrogen) atoms. The number of aliphatic hydroxyl groups is 1. The van der Waals surface area contributed by atoms with E-state index in [1.165, 1.54) is 44.9 Å². The highest BCUT2D eigenvalue weighted by molar-refractivity contribution is 5.75. The van der Waals surface area contributed by atoms with Crippen molar-refractivity contribution < 1.29 is 33.6 Å². The van der Waals surface area contributed by atoms with Crippen LogP contribution in [0.2, 0.25) is 0 Å². The highest BCUT2D eigenvalue weighted by Gasteiger charge is 2.61. The first-order valence-electron chi connectivity index (χ1n) is 20.2. The van der Waals surface area contributed by atoms with Gasteiger partial charge in [-0.05, 0) is 112 Å². The van der Waals surface area contributed by atoms with Crippen molar-refractivity contribution in [1.82, 2.24) is 0 Å². The normalized spacial score (nSPS) is 33.4. The van der Waals surface area contributed by atoms with Crippen LogP contribution in [-0.2, 0) is 28.5 Å². The lowest BCUT2D eigenvalue weighted by Crippen LogP contribution is -2.46. The molecule has 4 aliphatic carbocycles. The van der Waals surface area contributed by atoms with Gasteiger partial charge in [0.15, 0.2) is 6.10 Å². The standard InChI is InChI=1S/C25H40O6.C9H18.C8H16O/c1-23(2)10-6-16(7-11-23)21(26)31-19-15-29-25(5)18(14-28-20(19)25)22(27)30-17-8-12-24(3,4)13-9-17;1-8(2)9-6-4-3-5-7-9;1-8(2)5-3-7(9)4-6-8/h16-20H,6-15H2,1-5H3;8-9H,3-7H2,1-2H3;7,9H,3-6H2,1-2H3/t18-,19?,20-,25-;;/m1../s1. The molecule has 0 spiro atoms. The molecule has 6 rings (SSSR count). The first kappa shape index (κ1) is 40.6. The van der Waals surface area contributed by atoms with Crippen LogP contribution in [0.3, 0.4) is 0 Å². The highest BCUT2D eigenvalue weighted by Crippen LogP contribution is 2.45. The second kappa shape index (κ2) is 17.1. The largest absolute Gasteiger partial charge is 0.462 e. The van der Waals surface area contributed by atoms with Crippen molar-refractivity contribution >= 4 is 11.9 Å². The third-order valence-electron chi connectivity index (χ3n) is 13.3. The number of hydrogen-bond acceptors (Lipinski definition) is 7. The van der Waals surface area contributed by atoms with Gasteiger partial charge in [-0.1, -0.05) is 87.5 Å². The molecule has 0 aromatic carbocycles. The van der Waals surface area contributed by atoms with E-state index in [1.54, 1.807) is 0 Å². The second-order valence-electron chi connectivity index (χ2n) is 19.6. The monoisotopic (exact) mass is 691 g/mol. The third-order valence-corrected chi connectivity index (χ3v) is 13.3. The predicted octanol–water partition coefficient (Wildman–Crippen LogP) is 9.60. The lowest BCUT2D eigenvalue weighted by molar-refractivity contribution is -0.165. The summed E-state index contributed by atoms with van der Waals surface area (Å²) in [7, 11) is 0. The second-order valence-corrected chi connectivity index (χ2v) is 19.6. The topological polar surface area (TPSA) is 91.3 Å². The minimum Gasteiger partial charge on any atom is -0.462 e. The Morgan fingerprint density at radius 3 is 1.65 bits per heavy atom. The van der Waals surface area contributed by atoms with E-state index in [-0.39, 0.29) is 43.3 Å². The molecule has 1 N–H and O–H groups in total. The Morgan fingerprint density at radius 1 is 0.653 bits per heavy atom. The van der Waals surface area contributed by atoms with Crippen LogP contribution in [0.1, 0.15) is 171 Å². The molecule has 2 saturated heterocycles. The Kier molecular flexibility index (Phi) is 14.2.